The van der Waals surface area contributed by atoms with Gasteiger partial charge in [0.15, 0.2) is 6.29 Å². The highest BCUT2D eigenvalue weighted by atomic mass is 79.9. The second kappa shape index (κ2) is 6.99. The van der Waals surface area contributed by atoms with Gasteiger partial charge in [-0.2, -0.15) is 0 Å². The second-order valence-corrected chi connectivity index (χ2v) is 5.20. The Labute approximate surface area is 129 Å². The van der Waals surface area contributed by atoms with Gasteiger partial charge in [0.25, 0.3) is 5.69 Å². The van der Waals surface area contributed by atoms with E-state index in [2.05, 4.69) is 15.9 Å². The second-order valence-electron chi connectivity index (χ2n) is 4.28. The molecule has 0 aromatic heterocycles. The van der Waals surface area contributed by atoms with E-state index in [9.17, 15) is 14.9 Å². The van der Waals surface area contributed by atoms with Crippen molar-refractivity contribution < 1.29 is 14.5 Å². The molecule has 0 aliphatic carbocycles. The van der Waals surface area contributed by atoms with E-state index >= 15 is 0 Å². The molecule has 0 saturated heterocycles. The van der Waals surface area contributed by atoms with Crippen LogP contribution in [0.5, 0.6) is 5.75 Å². The van der Waals surface area contributed by atoms with Gasteiger partial charge in [0.1, 0.15) is 5.75 Å². The Morgan fingerprint density at radius 2 is 2.00 bits per heavy atom. The molecule has 0 radical (unpaired) electrons. The summed E-state index contributed by atoms with van der Waals surface area (Å²) >= 11 is 3.28. The number of nitro groups is 1. The number of nitro benzene ring substituents is 1. The van der Waals surface area contributed by atoms with Crippen LogP contribution in [0, 0.1) is 10.1 Å². The van der Waals surface area contributed by atoms with Crippen molar-refractivity contribution in [1.29, 1.82) is 0 Å². The van der Waals surface area contributed by atoms with Gasteiger partial charge in [-0.1, -0.05) is 34.1 Å². The average molecular weight is 350 g/mol. The largest absolute Gasteiger partial charge is 0.492 e. The van der Waals surface area contributed by atoms with Crippen LogP contribution in [-0.4, -0.2) is 17.8 Å². The Morgan fingerprint density at radius 1 is 1.24 bits per heavy atom. The summed E-state index contributed by atoms with van der Waals surface area (Å²) < 4.78 is 6.33. The van der Waals surface area contributed by atoms with Crippen LogP contribution in [0.15, 0.2) is 46.9 Å². The molecule has 0 aliphatic heterocycles. The number of hydrogen-bond donors (Lipinski definition) is 0. The molecule has 0 heterocycles. The van der Waals surface area contributed by atoms with E-state index in [0.717, 1.165) is 4.47 Å². The molecule has 2 aromatic carbocycles. The maximum Gasteiger partial charge on any atom is 0.272 e. The van der Waals surface area contributed by atoms with Crippen LogP contribution >= 0.6 is 15.9 Å². The third kappa shape index (κ3) is 3.88. The fourth-order valence-corrected chi connectivity index (χ4v) is 2.29. The maximum absolute atomic E-state index is 11.0. The monoisotopic (exact) mass is 349 g/mol. The van der Waals surface area contributed by atoms with Crippen LogP contribution in [0.1, 0.15) is 15.9 Å². The highest BCUT2D eigenvalue weighted by Gasteiger charge is 2.12. The summed E-state index contributed by atoms with van der Waals surface area (Å²) in [7, 11) is 0. The van der Waals surface area contributed by atoms with E-state index < -0.39 is 4.92 Å². The zero-order chi connectivity index (χ0) is 15.2. The first-order valence-electron chi connectivity index (χ1n) is 6.21. The molecule has 0 atom stereocenters. The average Bonchev–Trinajstić information content (AvgIpc) is 2.49. The summed E-state index contributed by atoms with van der Waals surface area (Å²) in [4.78, 5) is 21.5. The number of hydrogen-bond acceptors (Lipinski definition) is 4. The van der Waals surface area contributed by atoms with E-state index in [0.29, 0.717) is 29.6 Å². The minimum Gasteiger partial charge on any atom is -0.492 e. The lowest BCUT2D eigenvalue weighted by molar-refractivity contribution is -0.385. The van der Waals surface area contributed by atoms with Gasteiger partial charge in [-0.05, 0) is 18.2 Å². The molecule has 2 rings (SSSR count). The zero-order valence-corrected chi connectivity index (χ0v) is 12.6. The first-order chi connectivity index (χ1) is 10.1. The van der Waals surface area contributed by atoms with E-state index in [1.807, 2.05) is 0 Å². The topological polar surface area (TPSA) is 69.4 Å². The quantitative estimate of drug-likeness (QED) is 0.452. The molecule has 0 spiro atoms. The summed E-state index contributed by atoms with van der Waals surface area (Å²) in [6.45, 7) is 0.257. The van der Waals surface area contributed by atoms with Gasteiger partial charge in [-0.15, -0.1) is 0 Å². The fourth-order valence-electron chi connectivity index (χ4n) is 1.91. The number of ether oxygens (including phenoxy) is 1. The molecule has 5 nitrogen and oxygen atoms in total. The summed E-state index contributed by atoms with van der Waals surface area (Å²) in [5.41, 5.74) is 1.12. The van der Waals surface area contributed by atoms with Crippen LogP contribution in [0.25, 0.3) is 0 Å². The molecule has 0 bridgehead atoms. The molecule has 0 aliphatic rings. The summed E-state index contributed by atoms with van der Waals surface area (Å²) in [5.74, 6) is 0.465. The predicted molar refractivity (Wildman–Crippen MR) is 81.8 cm³/mol. The number of benzene rings is 2. The standard InChI is InChI=1S/C15H12BrNO4/c16-13-5-6-15(12(9-13)10-18)21-8-7-11-3-1-2-4-14(11)17(19)20/h1-6,9-10H,7-8H2. The first-order valence-corrected chi connectivity index (χ1v) is 7.01. The van der Waals surface area contributed by atoms with Crippen molar-refractivity contribution in [2.24, 2.45) is 0 Å². The smallest absolute Gasteiger partial charge is 0.272 e. The number of carbonyl (C=O) groups excluding carboxylic acids is 1. The first kappa shape index (κ1) is 15.2. The third-order valence-electron chi connectivity index (χ3n) is 2.92. The van der Waals surface area contributed by atoms with Gasteiger partial charge in [0, 0.05) is 22.5 Å². The number of halogens is 1. The maximum atomic E-state index is 11.0. The summed E-state index contributed by atoms with van der Waals surface area (Å²) in [6.07, 6.45) is 1.11. The van der Waals surface area contributed by atoms with Crippen molar-refractivity contribution in [1.82, 2.24) is 0 Å². The number of aldehydes is 1. The zero-order valence-electron chi connectivity index (χ0n) is 11.0. The van der Waals surface area contributed by atoms with Crippen molar-refractivity contribution in [2.45, 2.75) is 6.42 Å². The van der Waals surface area contributed by atoms with E-state index in [1.165, 1.54) is 6.07 Å². The molecule has 0 fully saturated rings. The van der Waals surface area contributed by atoms with Crippen molar-refractivity contribution in [3.8, 4) is 5.75 Å². The highest BCUT2D eigenvalue weighted by molar-refractivity contribution is 9.10. The van der Waals surface area contributed by atoms with Gasteiger partial charge < -0.3 is 4.74 Å². The van der Waals surface area contributed by atoms with Crippen molar-refractivity contribution in [2.75, 3.05) is 6.61 Å². The fraction of sp³-hybridized carbons (Fsp3) is 0.133. The highest BCUT2D eigenvalue weighted by Crippen LogP contribution is 2.23. The van der Waals surface area contributed by atoms with Crippen molar-refractivity contribution in [3.05, 3.63) is 68.2 Å². The number of carbonyl (C=O) groups is 1. The van der Waals surface area contributed by atoms with Gasteiger partial charge in [-0.25, -0.2) is 0 Å². The van der Waals surface area contributed by atoms with Crippen LogP contribution < -0.4 is 4.74 Å². The molecule has 108 valence electrons. The molecule has 2 aromatic rings. The molecular weight excluding hydrogens is 338 g/mol. The SMILES string of the molecule is O=Cc1cc(Br)ccc1OCCc1ccccc1[N+](=O)[O-]. The van der Waals surface area contributed by atoms with Gasteiger partial charge in [-0.3, -0.25) is 14.9 Å². The lowest BCUT2D eigenvalue weighted by Gasteiger charge is -2.09. The normalized spacial score (nSPS) is 10.1. The lowest BCUT2D eigenvalue weighted by Crippen LogP contribution is -2.05. The van der Waals surface area contributed by atoms with E-state index in [-0.39, 0.29) is 12.3 Å². The lowest BCUT2D eigenvalue weighted by atomic mass is 10.1. The van der Waals surface area contributed by atoms with Gasteiger partial charge in [0.05, 0.1) is 17.1 Å². The van der Waals surface area contributed by atoms with Crippen LogP contribution in [0.2, 0.25) is 0 Å². The molecule has 0 saturated carbocycles. The summed E-state index contributed by atoms with van der Waals surface area (Å²) in [5, 5.41) is 10.9. The van der Waals surface area contributed by atoms with E-state index in [1.54, 1.807) is 36.4 Å². The molecular formula is C15H12BrNO4. The predicted octanol–water partition coefficient (Wildman–Crippen LogP) is 3.79. The number of rotatable bonds is 6. The minimum atomic E-state index is -0.411. The van der Waals surface area contributed by atoms with Gasteiger partial charge in [0.2, 0.25) is 0 Å². The summed E-state index contributed by atoms with van der Waals surface area (Å²) in [6, 6.07) is 11.7. The van der Waals surface area contributed by atoms with Crippen LogP contribution in [-0.2, 0) is 6.42 Å². The molecule has 0 N–H and O–H groups in total. The Balaban J connectivity index is 2.05. The Kier molecular flexibility index (Phi) is 5.05. The Morgan fingerprint density at radius 3 is 2.71 bits per heavy atom. The van der Waals surface area contributed by atoms with E-state index in [4.69, 9.17) is 4.74 Å². The van der Waals surface area contributed by atoms with Crippen LogP contribution in [0.3, 0.4) is 0 Å². The van der Waals surface area contributed by atoms with Gasteiger partial charge >= 0.3 is 0 Å². The molecule has 0 amide bonds. The number of para-hydroxylation sites is 1. The molecule has 0 unspecified atom stereocenters. The molecule has 21 heavy (non-hydrogen) atoms. The Hall–Kier alpha value is -2.21. The number of nitrogens with zero attached hydrogens (tertiary/aromatic N) is 1. The third-order valence-corrected chi connectivity index (χ3v) is 3.41. The Bertz CT molecular complexity index is 672. The molecule has 6 heteroatoms. The minimum absolute atomic E-state index is 0.0764. The van der Waals surface area contributed by atoms with Crippen molar-refractivity contribution >= 4 is 27.9 Å². The van der Waals surface area contributed by atoms with Crippen molar-refractivity contribution in [3.63, 3.8) is 0 Å². The van der Waals surface area contributed by atoms with Crippen LogP contribution in [0.4, 0.5) is 5.69 Å².